The van der Waals surface area contributed by atoms with E-state index in [2.05, 4.69) is 52.2 Å². The number of aromatic nitrogens is 2. The summed E-state index contributed by atoms with van der Waals surface area (Å²) in [5.41, 5.74) is 0.224. The Bertz CT molecular complexity index is 532. The van der Waals surface area contributed by atoms with Gasteiger partial charge in [0.1, 0.15) is 18.0 Å². The van der Waals surface area contributed by atoms with E-state index in [1.165, 1.54) is 25.7 Å². The van der Waals surface area contributed by atoms with Crippen LogP contribution in [-0.2, 0) is 4.74 Å². The first kappa shape index (κ1) is 17.4. The summed E-state index contributed by atoms with van der Waals surface area (Å²) >= 11 is 0. The minimum atomic E-state index is 0.224. The van der Waals surface area contributed by atoms with Crippen molar-refractivity contribution in [1.29, 1.82) is 0 Å². The molecule has 0 bridgehead atoms. The molecule has 1 aliphatic carbocycles. The molecule has 3 rings (SSSR count). The summed E-state index contributed by atoms with van der Waals surface area (Å²) in [5, 5.41) is 3.59. The van der Waals surface area contributed by atoms with Gasteiger partial charge in [0, 0.05) is 31.2 Å². The van der Waals surface area contributed by atoms with Crippen LogP contribution in [0.5, 0.6) is 0 Å². The first-order valence-electron chi connectivity index (χ1n) is 9.15. The largest absolute Gasteiger partial charge is 0.378 e. The fourth-order valence-electron chi connectivity index (χ4n) is 4.02. The van der Waals surface area contributed by atoms with E-state index in [0.717, 1.165) is 50.4 Å². The number of nitrogens with zero attached hydrogens (tertiary/aromatic N) is 4. The van der Waals surface area contributed by atoms with Crippen LogP contribution in [0.4, 0.5) is 11.6 Å². The average Bonchev–Trinajstić information content (AvgIpc) is 2.61. The highest BCUT2D eigenvalue weighted by Crippen LogP contribution is 2.35. The van der Waals surface area contributed by atoms with Crippen LogP contribution in [0, 0.1) is 5.92 Å². The molecule has 0 amide bonds. The molecule has 1 saturated carbocycles. The second-order valence-electron chi connectivity index (χ2n) is 7.53. The summed E-state index contributed by atoms with van der Waals surface area (Å²) in [7, 11) is 4.41. The van der Waals surface area contributed by atoms with Gasteiger partial charge < -0.3 is 19.9 Å². The second kappa shape index (κ2) is 7.66. The standard InChI is InChI=1S/C18H31N5O/c1-15-5-4-6-18(12-15,22(2)3)13-19-16-11-17(21-14-20-16)23-7-9-24-10-8-23/h11,14-15H,4-10,12-13H2,1-3H3,(H,19,20,21). The molecule has 1 aromatic rings. The number of hydrogen-bond donors (Lipinski definition) is 1. The van der Waals surface area contributed by atoms with Crippen LogP contribution >= 0.6 is 0 Å². The van der Waals surface area contributed by atoms with Crippen LogP contribution < -0.4 is 10.2 Å². The van der Waals surface area contributed by atoms with Crippen molar-refractivity contribution in [3.8, 4) is 0 Å². The third-order valence-electron chi connectivity index (χ3n) is 5.60. The van der Waals surface area contributed by atoms with Crippen molar-refractivity contribution in [3.63, 3.8) is 0 Å². The molecule has 1 N–H and O–H groups in total. The van der Waals surface area contributed by atoms with Crippen LogP contribution in [0.15, 0.2) is 12.4 Å². The first-order valence-corrected chi connectivity index (χ1v) is 9.15. The van der Waals surface area contributed by atoms with Crippen molar-refractivity contribution < 1.29 is 4.74 Å². The van der Waals surface area contributed by atoms with Gasteiger partial charge >= 0.3 is 0 Å². The van der Waals surface area contributed by atoms with Gasteiger partial charge in [0.15, 0.2) is 0 Å². The van der Waals surface area contributed by atoms with E-state index in [1.807, 2.05) is 0 Å². The van der Waals surface area contributed by atoms with E-state index in [1.54, 1.807) is 6.33 Å². The Morgan fingerprint density at radius 1 is 1.33 bits per heavy atom. The molecule has 134 valence electrons. The van der Waals surface area contributed by atoms with E-state index >= 15 is 0 Å². The van der Waals surface area contributed by atoms with Crippen LogP contribution in [0.1, 0.15) is 32.6 Å². The molecule has 0 spiro atoms. The minimum absolute atomic E-state index is 0.224. The molecule has 0 aromatic carbocycles. The van der Waals surface area contributed by atoms with Crippen molar-refractivity contribution in [1.82, 2.24) is 14.9 Å². The molecule has 1 aliphatic heterocycles. The molecular formula is C18H31N5O. The lowest BCUT2D eigenvalue weighted by Crippen LogP contribution is -2.52. The lowest BCUT2D eigenvalue weighted by molar-refractivity contribution is 0.0881. The van der Waals surface area contributed by atoms with Crippen LogP contribution in [0.25, 0.3) is 0 Å². The van der Waals surface area contributed by atoms with Gasteiger partial charge in [0.05, 0.1) is 13.2 Å². The van der Waals surface area contributed by atoms with Crippen molar-refractivity contribution >= 4 is 11.6 Å². The molecule has 6 nitrogen and oxygen atoms in total. The topological polar surface area (TPSA) is 53.5 Å². The number of nitrogens with one attached hydrogen (secondary N) is 1. The van der Waals surface area contributed by atoms with Crippen molar-refractivity contribution in [2.24, 2.45) is 5.92 Å². The third-order valence-corrected chi connectivity index (χ3v) is 5.60. The zero-order chi connectivity index (χ0) is 17.0. The lowest BCUT2D eigenvalue weighted by atomic mass is 9.75. The number of hydrogen-bond acceptors (Lipinski definition) is 6. The maximum Gasteiger partial charge on any atom is 0.134 e. The molecule has 2 aliphatic rings. The summed E-state index contributed by atoms with van der Waals surface area (Å²) in [6.07, 6.45) is 6.82. The highest BCUT2D eigenvalue weighted by Gasteiger charge is 2.36. The molecule has 1 aromatic heterocycles. The summed E-state index contributed by atoms with van der Waals surface area (Å²) in [6.45, 7) is 6.65. The van der Waals surface area contributed by atoms with Gasteiger partial charge in [-0.3, -0.25) is 0 Å². The molecule has 2 unspecified atom stereocenters. The number of likely N-dealkylation sites (N-methyl/N-ethyl adjacent to an activating group) is 1. The van der Waals surface area contributed by atoms with Gasteiger partial charge in [-0.1, -0.05) is 19.8 Å². The van der Waals surface area contributed by atoms with E-state index in [-0.39, 0.29) is 5.54 Å². The smallest absolute Gasteiger partial charge is 0.134 e. The quantitative estimate of drug-likeness (QED) is 0.892. The van der Waals surface area contributed by atoms with E-state index in [0.29, 0.717) is 0 Å². The Hall–Kier alpha value is -1.40. The summed E-state index contributed by atoms with van der Waals surface area (Å²) < 4.78 is 5.42. The maximum absolute atomic E-state index is 5.42. The molecule has 2 atom stereocenters. The van der Waals surface area contributed by atoms with Gasteiger partial charge in [-0.25, -0.2) is 9.97 Å². The fraction of sp³-hybridized carbons (Fsp3) is 0.778. The van der Waals surface area contributed by atoms with E-state index in [9.17, 15) is 0 Å². The van der Waals surface area contributed by atoms with Gasteiger partial charge in [0.2, 0.25) is 0 Å². The minimum Gasteiger partial charge on any atom is -0.378 e. The molecule has 24 heavy (non-hydrogen) atoms. The summed E-state index contributed by atoms with van der Waals surface area (Å²) in [6, 6.07) is 2.07. The number of rotatable bonds is 5. The highest BCUT2D eigenvalue weighted by molar-refractivity contribution is 5.48. The molecular weight excluding hydrogens is 302 g/mol. The Morgan fingerprint density at radius 2 is 2.12 bits per heavy atom. The summed E-state index contributed by atoms with van der Waals surface area (Å²) in [4.78, 5) is 13.5. The zero-order valence-electron chi connectivity index (χ0n) is 15.3. The van der Waals surface area contributed by atoms with Gasteiger partial charge in [-0.2, -0.15) is 0 Å². The second-order valence-corrected chi connectivity index (χ2v) is 7.53. The van der Waals surface area contributed by atoms with E-state index in [4.69, 9.17) is 4.74 Å². The lowest BCUT2D eigenvalue weighted by Gasteiger charge is -2.45. The van der Waals surface area contributed by atoms with Gasteiger partial charge in [-0.05, 0) is 32.9 Å². The predicted octanol–water partition coefficient (Wildman–Crippen LogP) is 2.24. The van der Waals surface area contributed by atoms with Crippen LogP contribution in [-0.4, -0.2) is 67.4 Å². The Labute approximate surface area is 145 Å². The summed E-state index contributed by atoms with van der Waals surface area (Å²) in [5.74, 6) is 2.70. The van der Waals surface area contributed by atoms with E-state index < -0.39 is 0 Å². The maximum atomic E-state index is 5.42. The number of ether oxygens (including phenoxy) is 1. The van der Waals surface area contributed by atoms with Gasteiger partial charge in [-0.15, -0.1) is 0 Å². The Kier molecular flexibility index (Phi) is 5.56. The Morgan fingerprint density at radius 3 is 2.83 bits per heavy atom. The molecule has 0 radical (unpaired) electrons. The van der Waals surface area contributed by atoms with Crippen LogP contribution in [0.3, 0.4) is 0 Å². The first-order chi connectivity index (χ1) is 11.6. The predicted molar refractivity (Wildman–Crippen MR) is 97.6 cm³/mol. The average molecular weight is 333 g/mol. The number of morpholine rings is 1. The zero-order valence-corrected chi connectivity index (χ0v) is 15.3. The van der Waals surface area contributed by atoms with Crippen molar-refractivity contribution in [2.75, 3.05) is 57.2 Å². The highest BCUT2D eigenvalue weighted by atomic mass is 16.5. The molecule has 1 saturated heterocycles. The number of anilines is 2. The monoisotopic (exact) mass is 333 g/mol. The third kappa shape index (κ3) is 3.98. The molecule has 2 heterocycles. The molecule has 2 fully saturated rings. The molecule has 6 heteroatoms. The fourth-order valence-corrected chi connectivity index (χ4v) is 4.02. The van der Waals surface area contributed by atoms with Crippen LogP contribution in [0.2, 0.25) is 0 Å². The Balaban J connectivity index is 1.66. The SMILES string of the molecule is CC1CCCC(CNc2cc(N3CCOCC3)ncn2)(N(C)C)C1. The normalized spacial score (nSPS) is 28.2. The van der Waals surface area contributed by atoms with Crippen molar-refractivity contribution in [3.05, 3.63) is 12.4 Å². The van der Waals surface area contributed by atoms with Gasteiger partial charge in [0.25, 0.3) is 0 Å². The van der Waals surface area contributed by atoms with Crippen molar-refractivity contribution in [2.45, 2.75) is 38.1 Å².